The van der Waals surface area contributed by atoms with E-state index in [1.165, 1.54) is 15.9 Å². The smallest absolute Gasteiger partial charge is 0.204 e. The molecular formula is C25H27N5O. The van der Waals surface area contributed by atoms with E-state index in [1.54, 1.807) is 13.2 Å². The van der Waals surface area contributed by atoms with Crippen LogP contribution in [-0.2, 0) is 13.7 Å². The number of hydrogen-bond acceptors (Lipinski definition) is 5. The Labute approximate surface area is 182 Å². The largest absolute Gasteiger partial charge is 0.487 e. The minimum Gasteiger partial charge on any atom is -0.487 e. The molecule has 1 atom stereocenters. The van der Waals surface area contributed by atoms with Crippen molar-refractivity contribution in [1.82, 2.24) is 25.2 Å². The highest BCUT2D eigenvalue weighted by Gasteiger charge is 2.28. The molecule has 0 amide bonds. The third-order valence-corrected chi connectivity index (χ3v) is 5.20. The van der Waals surface area contributed by atoms with Crippen molar-refractivity contribution in [2.75, 3.05) is 0 Å². The first-order chi connectivity index (χ1) is 14.9. The van der Waals surface area contributed by atoms with Gasteiger partial charge in [0.2, 0.25) is 5.82 Å². The first-order valence-corrected chi connectivity index (χ1v) is 10.4. The number of aryl methyl sites for hydroxylation is 1. The summed E-state index contributed by atoms with van der Waals surface area (Å²) in [6.07, 6.45) is 1.78. The second-order valence-electron chi connectivity index (χ2n) is 8.70. The lowest BCUT2D eigenvalue weighted by Crippen LogP contribution is -2.19. The molecule has 0 bridgehead atoms. The van der Waals surface area contributed by atoms with Crippen molar-refractivity contribution in [3.63, 3.8) is 0 Å². The van der Waals surface area contributed by atoms with Gasteiger partial charge < -0.3 is 4.74 Å². The minimum absolute atomic E-state index is 0.0443. The van der Waals surface area contributed by atoms with Crippen LogP contribution in [0.5, 0.6) is 5.75 Å². The summed E-state index contributed by atoms with van der Waals surface area (Å²) in [5.74, 6) is 1.71. The first kappa shape index (κ1) is 20.7. The van der Waals surface area contributed by atoms with Gasteiger partial charge in [0.15, 0.2) is 0 Å². The van der Waals surface area contributed by atoms with Crippen molar-refractivity contribution in [1.29, 1.82) is 0 Å². The Morgan fingerprint density at radius 1 is 0.903 bits per heavy atom. The van der Waals surface area contributed by atoms with Crippen molar-refractivity contribution in [3.8, 4) is 17.1 Å². The Morgan fingerprint density at radius 3 is 2.13 bits per heavy atom. The van der Waals surface area contributed by atoms with Gasteiger partial charge in [0.1, 0.15) is 12.4 Å². The molecule has 4 rings (SSSR count). The Morgan fingerprint density at radius 2 is 1.58 bits per heavy atom. The van der Waals surface area contributed by atoms with E-state index in [2.05, 4.69) is 77.6 Å². The van der Waals surface area contributed by atoms with Crippen molar-refractivity contribution >= 4 is 0 Å². The van der Waals surface area contributed by atoms with E-state index in [0.717, 1.165) is 17.0 Å². The van der Waals surface area contributed by atoms with E-state index in [0.29, 0.717) is 12.4 Å². The lowest BCUT2D eigenvalue weighted by Gasteiger charge is -2.32. The monoisotopic (exact) mass is 413 g/mol. The van der Waals surface area contributed by atoms with Gasteiger partial charge in [-0.15, -0.1) is 10.2 Å². The van der Waals surface area contributed by atoms with Crippen LogP contribution in [0.25, 0.3) is 11.4 Å². The Bertz CT molecular complexity index is 1110. The molecule has 0 saturated carbocycles. The fraction of sp³-hybridized carbons (Fsp3) is 0.280. The molecule has 2 aromatic heterocycles. The zero-order chi connectivity index (χ0) is 21.8. The maximum atomic E-state index is 5.90. The molecule has 0 aliphatic heterocycles. The number of ether oxygens (including phenoxy) is 1. The summed E-state index contributed by atoms with van der Waals surface area (Å²) < 4.78 is 5.90. The molecule has 0 aliphatic carbocycles. The van der Waals surface area contributed by atoms with Crippen LogP contribution < -0.4 is 4.74 Å². The Kier molecular flexibility index (Phi) is 5.80. The maximum absolute atomic E-state index is 5.90. The minimum atomic E-state index is 0.0443. The molecular weight excluding hydrogens is 386 g/mol. The zero-order valence-electron chi connectivity index (χ0n) is 18.4. The van der Waals surface area contributed by atoms with E-state index in [9.17, 15) is 0 Å². The third kappa shape index (κ3) is 4.97. The zero-order valence-corrected chi connectivity index (χ0v) is 18.4. The molecule has 6 nitrogen and oxygen atoms in total. The molecule has 31 heavy (non-hydrogen) atoms. The average Bonchev–Trinajstić information content (AvgIpc) is 3.20. The van der Waals surface area contributed by atoms with Crippen LogP contribution in [0.15, 0.2) is 72.9 Å². The van der Waals surface area contributed by atoms with Crippen LogP contribution in [0, 0.1) is 5.41 Å². The molecule has 0 aliphatic rings. The SMILES string of the molecule is Cn1nnc(-c2ccc(C(c3ccc(OCc4ccccn4)cc3)C(C)(C)C)cc2)n1. The lowest BCUT2D eigenvalue weighted by atomic mass is 9.72. The van der Waals surface area contributed by atoms with Crippen LogP contribution in [0.4, 0.5) is 0 Å². The van der Waals surface area contributed by atoms with Gasteiger partial charge in [-0.25, -0.2) is 0 Å². The molecule has 0 spiro atoms. The predicted octanol–water partition coefficient (Wildman–Crippen LogP) is 5.03. The van der Waals surface area contributed by atoms with E-state index < -0.39 is 0 Å². The maximum Gasteiger partial charge on any atom is 0.204 e. The van der Waals surface area contributed by atoms with E-state index in [4.69, 9.17) is 4.74 Å². The molecule has 2 heterocycles. The highest BCUT2D eigenvalue weighted by Crippen LogP contribution is 2.41. The van der Waals surface area contributed by atoms with Crippen LogP contribution in [-0.4, -0.2) is 25.2 Å². The summed E-state index contributed by atoms with van der Waals surface area (Å²) >= 11 is 0. The van der Waals surface area contributed by atoms with Crippen molar-refractivity contribution in [2.24, 2.45) is 12.5 Å². The highest BCUT2D eigenvalue weighted by molar-refractivity contribution is 5.55. The highest BCUT2D eigenvalue weighted by atomic mass is 16.5. The average molecular weight is 414 g/mol. The third-order valence-electron chi connectivity index (χ3n) is 5.20. The van der Waals surface area contributed by atoms with E-state index >= 15 is 0 Å². The van der Waals surface area contributed by atoms with Crippen molar-refractivity contribution in [3.05, 3.63) is 89.7 Å². The molecule has 0 fully saturated rings. The fourth-order valence-electron chi connectivity index (χ4n) is 3.81. The quantitative estimate of drug-likeness (QED) is 0.444. The normalized spacial score (nSPS) is 12.5. The molecule has 6 heteroatoms. The number of rotatable bonds is 6. The van der Waals surface area contributed by atoms with Crippen LogP contribution in [0.2, 0.25) is 0 Å². The molecule has 2 aromatic carbocycles. The van der Waals surface area contributed by atoms with Gasteiger partial charge >= 0.3 is 0 Å². The molecule has 0 radical (unpaired) electrons. The number of benzene rings is 2. The van der Waals surface area contributed by atoms with Crippen LogP contribution in [0.1, 0.15) is 43.5 Å². The summed E-state index contributed by atoms with van der Waals surface area (Å²) in [6, 6.07) is 22.7. The van der Waals surface area contributed by atoms with Gasteiger partial charge in [-0.3, -0.25) is 4.98 Å². The number of tetrazole rings is 1. The van der Waals surface area contributed by atoms with Gasteiger partial charge in [-0.2, -0.15) is 4.80 Å². The van der Waals surface area contributed by atoms with Gasteiger partial charge in [0, 0.05) is 17.7 Å². The Balaban J connectivity index is 1.54. The van der Waals surface area contributed by atoms with E-state index in [-0.39, 0.29) is 11.3 Å². The number of pyridine rings is 1. The lowest BCUT2D eigenvalue weighted by molar-refractivity contribution is 0.301. The summed E-state index contributed by atoms with van der Waals surface area (Å²) in [5.41, 5.74) is 4.42. The Hall–Kier alpha value is -3.54. The first-order valence-electron chi connectivity index (χ1n) is 10.4. The topological polar surface area (TPSA) is 65.7 Å². The molecule has 4 aromatic rings. The number of hydrogen-bond donors (Lipinski definition) is 0. The fourth-order valence-corrected chi connectivity index (χ4v) is 3.81. The summed E-state index contributed by atoms with van der Waals surface area (Å²) in [5, 5.41) is 12.3. The summed E-state index contributed by atoms with van der Waals surface area (Å²) in [4.78, 5) is 5.77. The molecule has 0 saturated heterocycles. The molecule has 0 N–H and O–H groups in total. The standard InChI is InChI=1S/C25H27N5O/c1-25(2,3)23(18-8-10-20(11-9-18)24-27-29-30(4)28-24)19-12-14-22(15-13-19)31-17-21-7-5-6-16-26-21/h5-16,23H,17H2,1-4H3. The van der Waals surface area contributed by atoms with Crippen molar-refractivity contribution in [2.45, 2.75) is 33.3 Å². The van der Waals surface area contributed by atoms with Gasteiger partial charge in [-0.05, 0) is 46.0 Å². The molecule has 158 valence electrons. The van der Waals surface area contributed by atoms with Gasteiger partial charge in [0.25, 0.3) is 0 Å². The number of nitrogens with zero attached hydrogens (tertiary/aromatic N) is 5. The summed E-state index contributed by atoms with van der Waals surface area (Å²) in [6.45, 7) is 7.25. The molecule has 1 unspecified atom stereocenters. The second kappa shape index (κ2) is 8.68. The van der Waals surface area contributed by atoms with E-state index in [1.807, 2.05) is 30.3 Å². The van der Waals surface area contributed by atoms with Crippen LogP contribution in [0.3, 0.4) is 0 Å². The van der Waals surface area contributed by atoms with Gasteiger partial charge in [-0.1, -0.05) is 63.2 Å². The van der Waals surface area contributed by atoms with Crippen molar-refractivity contribution < 1.29 is 4.74 Å². The summed E-state index contributed by atoms with van der Waals surface area (Å²) in [7, 11) is 1.77. The van der Waals surface area contributed by atoms with Crippen LogP contribution >= 0.6 is 0 Å². The second-order valence-corrected chi connectivity index (χ2v) is 8.70. The predicted molar refractivity (Wildman–Crippen MR) is 121 cm³/mol. The number of aromatic nitrogens is 5. The van der Waals surface area contributed by atoms with Gasteiger partial charge in [0.05, 0.1) is 12.7 Å².